The van der Waals surface area contributed by atoms with Gasteiger partial charge < -0.3 is 13.7 Å². The Hall–Kier alpha value is -1.43. The molecule has 0 bridgehead atoms. The Labute approximate surface area is 160 Å². The number of ether oxygens (including phenoxy) is 1. The maximum absolute atomic E-state index is 13.3. The first-order valence-corrected chi connectivity index (χ1v) is 10.7. The summed E-state index contributed by atoms with van der Waals surface area (Å²) in [4.78, 5) is 1.70. The lowest BCUT2D eigenvalue weighted by Gasteiger charge is -2.13. The number of aromatic nitrogens is 1. The summed E-state index contributed by atoms with van der Waals surface area (Å²) in [6, 6.07) is 13.6. The molecule has 0 aliphatic rings. The number of fused-ring (bicyclic) bond motifs is 1. The van der Waals surface area contributed by atoms with E-state index in [4.69, 9.17) is 4.74 Å². The lowest BCUT2D eigenvalue weighted by atomic mass is 10.1. The minimum Gasteiger partial charge on any atom is -0.606 e. The molecule has 0 saturated carbocycles. The average Bonchev–Trinajstić information content (AvgIpc) is 3.02. The number of nitrogens with zero attached hydrogens (tertiary/aromatic N) is 1. The van der Waals surface area contributed by atoms with Crippen molar-refractivity contribution in [3.8, 4) is 5.75 Å². The van der Waals surface area contributed by atoms with E-state index in [-0.39, 0.29) is 0 Å². The minimum atomic E-state index is -1.22. The van der Waals surface area contributed by atoms with Crippen LogP contribution in [0.5, 0.6) is 5.75 Å². The van der Waals surface area contributed by atoms with Gasteiger partial charge in [0.2, 0.25) is 0 Å². The van der Waals surface area contributed by atoms with Gasteiger partial charge in [0.25, 0.3) is 0 Å². The van der Waals surface area contributed by atoms with Gasteiger partial charge in [-0.15, -0.1) is 0 Å². The summed E-state index contributed by atoms with van der Waals surface area (Å²) in [7, 11) is 0. The Morgan fingerprint density at radius 3 is 2.60 bits per heavy atom. The van der Waals surface area contributed by atoms with Crippen LogP contribution in [-0.2, 0) is 11.2 Å². The molecule has 5 heteroatoms. The lowest BCUT2D eigenvalue weighted by Crippen LogP contribution is -2.05. The van der Waals surface area contributed by atoms with E-state index in [2.05, 4.69) is 40.4 Å². The highest BCUT2D eigenvalue weighted by atomic mass is 79.9. The third-order valence-electron chi connectivity index (χ3n) is 4.05. The molecule has 0 spiro atoms. The zero-order valence-corrected chi connectivity index (χ0v) is 16.8. The standard InChI is InChI=1S/C20H22BrNO2S/c1-15(2)18-14-22-12-4-3-6-19(22)20(18)25(23)17-9-7-16(8-10-17)24-13-5-11-21/h3-4,6-10,12,14-15H,5,11,13H2,1-2H3. The molecule has 3 aromatic rings. The Kier molecular flexibility index (Phi) is 6.10. The summed E-state index contributed by atoms with van der Waals surface area (Å²) < 4.78 is 21.0. The highest BCUT2D eigenvalue weighted by molar-refractivity contribution is 9.09. The Morgan fingerprint density at radius 2 is 1.92 bits per heavy atom. The van der Waals surface area contributed by atoms with E-state index in [0.29, 0.717) is 12.5 Å². The molecule has 0 radical (unpaired) electrons. The second-order valence-corrected chi connectivity index (χ2v) is 8.40. The Balaban J connectivity index is 1.91. The monoisotopic (exact) mass is 419 g/mol. The molecule has 1 atom stereocenters. The van der Waals surface area contributed by atoms with Gasteiger partial charge in [-0.25, -0.2) is 0 Å². The van der Waals surface area contributed by atoms with E-state index in [9.17, 15) is 4.55 Å². The molecule has 0 fully saturated rings. The van der Waals surface area contributed by atoms with E-state index >= 15 is 0 Å². The summed E-state index contributed by atoms with van der Waals surface area (Å²) in [6.45, 7) is 4.95. The van der Waals surface area contributed by atoms with Crippen LogP contribution >= 0.6 is 15.9 Å². The molecule has 0 amide bonds. The van der Waals surface area contributed by atoms with Gasteiger partial charge in [-0.05, 0) is 48.7 Å². The van der Waals surface area contributed by atoms with E-state index in [1.807, 2.05) is 48.7 Å². The average molecular weight is 420 g/mol. The lowest BCUT2D eigenvalue weighted by molar-refractivity contribution is 0.319. The molecule has 0 aliphatic carbocycles. The van der Waals surface area contributed by atoms with Gasteiger partial charge >= 0.3 is 0 Å². The van der Waals surface area contributed by atoms with Crippen molar-refractivity contribution in [1.82, 2.24) is 4.40 Å². The maximum atomic E-state index is 13.3. The number of benzene rings is 1. The van der Waals surface area contributed by atoms with Crippen molar-refractivity contribution in [3.05, 3.63) is 60.4 Å². The number of hydrogen-bond donors (Lipinski definition) is 0. The van der Waals surface area contributed by atoms with Crippen molar-refractivity contribution >= 4 is 32.6 Å². The topological polar surface area (TPSA) is 36.7 Å². The largest absolute Gasteiger partial charge is 0.606 e. The summed E-state index contributed by atoms with van der Waals surface area (Å²) in [5, 5.41) is 0.925. The Bertz CT molecular complexity index is 829. The van der Waals surface area contributed by atoms with Crippen LogP contribution in [-0.4, -0.2) is 20.9 Å². The number of alkyl halides is 1. The van der Waals surface area contributed by atoms with Crippen LogP contribution in [0.4, 0.5) is 0 Å². The normalized spacial score (nSPS) is 12.7. The van der Waals surface area contributed by atoms with E-state index in [1.54, 1.807) is 0 Å². The molecule has 2 aromatic heterocycles. The minimum absolute atomic E-state index is 0.311. The van der Waals surface area contributed by atoms with Crippen LogP contribution in [0.3, 0.4) is 0 Å². The van der Waals surface area contributed by atoms with Gasteiger partial charge in [-0.2, -0.15) is 0 Å². The van der Waals surface area contributed by atoms with Crippen LogP contribution in [0.25, 0.3) is 5.52 Å². The molecule has 25 heavy (non-hydrogen) atoms. The van der Waals surface area contributed by atoms with Gasteiger partial charge in [0.15, 0.2) is 9.79 Å². The smallest absolute Gasteiger partial charge is 0.187 e. The molecule has 0 N–H and O–H groups in total. The summed E-state index contributed by atoms with van der Waals surface area (Å²) in [5.74, 6) is 1.12. The van der Waals surface area contributed by atoms with Gasteiger partial charge in [-0.3, -0.25) is 0 Å². The predicted molar refractivity (Wildman–Crippen MR) is 107 cm³/mol. The van der Waals surface area contributed by atoms with Crippen molar-refractivity contribution in [2.24, 2.45) is 0 Å². The number of pyridine rings is 1. The molecular weight excluding hydrogens is 398 g/mol. The van der Waals surface area contributed by atoms with E-state index < -0.39 is 11.2 Å². The first kappa shape index (κ1) is 18.4. The first-order chi connectivity index (χ1) is 12.1. The summed E-state index contributed by atoms with van der Waals surface area (Å²) in [5.41, 5.74) is 2.13. The number of halogens is 1. The summed E-state index contributed by atoms with van der Waals surface area (Å²) in [6.07, 6.45) is 5.05. The third kappa shape index (κ3) is 4.05. The van der Waals surface area contributed by atoms with Crippen LogP contribution in [0.1, 0.15) is 31.7 Å². The Morgan fingerprint density at radius 1 is 1.16 bits per heavy atom. The molecule has 0 aliphatic heterocycles. The predicted octanol–water partition coefficient (Wildman–Crippen LogP) is 5.39. The quantitative estimate of drug-likeness (QED) is 0.292. The fraction of sp³-hybridized carbons (Fsp3) is 0.300. The van der Waals surface area contributed by atoms with Crippen molar-refractivity contribution in [1.29, 1.82) is 0 Å². The van der Waals surface area contributed by atoms with Crippen molar-refractivity contribution in [2.75, 3.05) is 11.9 Å². The van der Waals surface area contributed by atoms with Crippen molar-refractivity contribution in [3.63, 3.8) is 0 Å². The molecule has 1 aromatic carbocycles. The van der Waals surface area contributed by atoms with Gasteiger partial charge in [0.1, 0.15) is 11.3 Å². The molecular formula is C20H22BrNO2S. The number of rotatable bonds is 7. The molecule has 2 heterocycles. The first-order valence-electron chi connectivity index (χ1n) is 8.42. The highest BCUT2D eigenvalue weighted by Gasteiger charge is 2.26. The fourth-order valence-electron chi connectivity index (χ4n) is 2.75. The van der Waals surface area contributed by atoms with Gasteiger partial charge in [-0.1, -0.05) is 35.8 Å². The number of hydrogen-bond acceptors (Lipinski definition) is 2. The zero-order chi connectivity index (χ0) is 17.8. The third-order valence-corrected chi connectivity index (χ3v) is 6.13. The van der Waals surface area contributed by atoms with Crippen molar-refractivity contribution in [2.45, 2.75) is 36.0 Å². The van der Waals surface area contributed by atoms with Crippen LogP contribution in [0, 0.1) is 0 Å². The van der Waals surface area contributed by atoms with Gasteiger partial charge in [0, 0.05) is 34.5 Å². The molecule has 0 saturated heterocycles. The summed E-state index contributed by atoms with van der Waals surface area (Å²) >= 11 is 2.17. The molecule has 132 valence electrons. The maximum Gasteiger partial charge on any atom is 0.187 e. The second kappa shape index (κ2) is 8.30. The second-order valence-electron chi connectivity index (χ2n) is 6.19. The van der Waals surface area contributed by atoms with Crippen molar-refractivity contribution < 1.29 is 9.29 Å². The van der Waals surface area contributed by atoms with E-state index in [1.165, 1.54) is 0 Å². The fourth-order valence-corrected chi connectivity index (χ4v) is 4.47. The van der Waals surface area contributed by atoms with Crippen LogP contribution in [0.2, 0.25) is 0 Å². The molecule has 1 unspecified atom stereocenters. The van der Waals surface area contributed by atoms with Crippen LogP contribution in [0.15, 0.2) is 64.6 Å². The van der Waals surface area contributed by atoms with E-state index in [0.717, 1.165) is 38.4 Å². The molecule has 3 nitrogen and oxygen atoms in total. The SMILES string of the molecule is CC(C)c1cn2ccccc2c1[S+]([O-])c1ccc(OCCCBr)cc1. The molecule has 3 rings (SSSR count). The zero-order valence-electron chi connectivity index (χ0n) is 14.4. The highest BCUT2D eigenvalue weighted by Crippen LogP contribution is 2.34. The van der Waals surface area contributed by atoms with Gasteiger partial charge in [0.05, 0.1) is 6.61 Å². The van der Waals surface area contributed by atoms with Crippen LogP contribution < -0.4 is 4.74 Å².